The van der Waals surface area contributed by atoms with E-state index in [1.807, 2.05) is 66.7 Å². The molecule has 5 rings (SSSR count). The van der Waals surface area contributed by atoms with Crippen molar-refractivity contribution in [1.82, 2.24) is 19.3 Å². The molecule has 1 aliphatic rings. The lowest BCUT2D eigenvalue weighted by molar-refractivity contribution is -0.137. The molecule has 0 fully saturated rings. The van der Waals surface area contributed by atoms with Gasteiger partial charge in [0.1, 0.15) is 22.9 Å². The molecule has 4 aromatic rings. The van der Waals surface area contributed by atoms with Crippen molar-refractivity contribution in [2.24, 2.45) is 7.05 Å². The monoisotopic (exact) mass is 560 g/mol. The van der Waals surface area contributed by atoms with Gasteiger partial charge < -0.3 is 19.1 Å². The number of hydrogen-bond acceptors (Lipinski definition) is 7. The van der Waals surface area contributed by atoms with Crippen molar-refractivity contribution in [1.29, 1.82) is 0 Å². The molecule has 3 unspecified atom stereocenters. The number of carboxylic acids is 1. The number of aromatic nitrogens is 3. The maximum atomic E-state index is 13.7. The number of fused-ring (bicyclic) bond motifs is 2. The van der Waals surface area contributed by atoms with E-state index >= 15 is 0 Å². The minimum absolute atomic E-state index is 0.114. The number of ether oxygens (including phenoxy) is 2. The van der Waals surface area contributed by atoms with Gasteiger partial charge in [-0.3, -0.25) is 4.79 Å². The van der Waals surface area contributed by atoms with Gasteiger partial charge in [0.15, 0.2) is 5.75 Å². The number of hydrogen-bond donors (Lipinski definition) is 1. The van der Waals surface area contributed by atoms with E-state index in [-0.39, 0.29) is 12.5 Å². The van der Waals surface area contributed by atoms with Crippen LogP contribution in [0.3, 0.4) is 0 Å². The maximum Gasteiger partial charge on any atom is 0.304 e. The molecule has 1 aliphatic heterocycles. The van der Waals surface area contributed by atoms with E-state index in [0.29, 0.717) is 35.0 Å². The number of aryl methyl sites for hydroxylation is 2. The third-order valence-electron chi connectivity index (χ3n) is 7.23. The van der Waals surface area contributed by atoms with Gasteiger partial charge in [0, 0.05) is 13.0 Å². The second-order valence-corrected chi connectivity index (χ2v) is 11.5. The standard InChI is InChI=1S/C30H32N4O5S/c1-6-20-8-10-28-26(11-20)39-19(3)16-34(40(28)37)17-23-12-21(9-7-18(23)2)24(15-29(35)36)22-13-25-30(27(14-22)38-5)33(4)32-31-25/h6-14,19,24H,1,15-17H2,2-5H3,(H,35,36). The number of benzene rings is 3. The fourth-order valence-corrected chi connectivity index (χ4v) is 6.51. The van der Waals surface area contributed by atoms with Crippen LogP contribution in [-0.2, 0) is 29.7 Å². The van der Waals surface area contributed by atoms with E-state index in [4.69, 9.17) is 9.47 Å². The van der Waals surface area contributed by atoms with Gasteiger partial charge in [0.25, 0.3) is 0 Å². The van der Waals surface area contributed by atoms with E-state index in [1.54, 1.807) is 24.9 Å². The molecule has 0 spiro atoms. The number of nitrogens with zero attached hydrogens (tertiary/aromatic N) is 4. The highest BCUT2D eigenvalue weighted by atomic mass is 32.2. The molecule has 0 saturated carbocycles. The molecule has 0 saturated heterocycles. The highest BCUT2D eigenvalue weighted by Crippen LogP contribution is 2.37. The molecule has 0 bridgehead atoms. The van der Waals surface area contributed by atoms with E-state index in [0.717, 1.165) is 33.3 Å². The first-order valence-corrected chi connectivity index (χ1v) is 14.1. The van der Waals surface area contributed by atoms with Crippen molar-refractivity contribution in [3.63, 3.8) is 0 Å². The summed E-state index contributed by atoms with van der Waals surface area (Å²) in [5.74, 6) is -0.187. The zero-order valence-electron chi connectivity index (χ0n) is 23.0. The Labute approximate surface area is 236 Å². The summed E-state index contributed by atoms with van der Waals surface area (Å²) >= 11 is -1.44. The lowest BCUT2D eigenvalue weighted by Gasteiger charge is -2.24. The molecule has 1 N–H and O–H groups in total. The topological polar surface area (TPSA) is 113 Å². The van der Waals surface area contributed by atoms with Crippen molar-refractivity contribution in [3.05, 3.63) is 82.9 Å². The van der Waals surface area contributed by atoms with Crippen LogP contribution < -0.4 is 9.47 Å². The quantitative estimate of drug-likeness (QED) is 0.305. The van der Waals surface area contributed by atoms with E-state index in [2.05, 4.69) is 16.9 Å². The van der Waals surface area contributed by atoms with Crippen molar-refractivity contribution >= 4 is 34.4 Å². The van der Waals surface area contributed by atoms with Gasteiger partial charge in [0.05, 0.1) is 38.0 Å². The van der Waals surface area contributed by atoms with E-state index in [9.17, 15) is 14.5 Å². The molecule has 3 aromatic carbocycles. The van der Waals surface area contributed by atoms with Gasteiger partial charge in [-0.05, 0) is 72.0 Å². The molecule has 1 aromatic heterocycles. The Balaban J connectivity index is 1.51. The third-order valence-corrected chi connectivity index (χ3v) is 8.69. The van der Waals surface area contributed by atoms with Crippen molar-refractivity contribution in [3.8, 4) is 11.5 Å². The van der Waals surface area contributed by atoms with Gasteiger partial charge in [-0.2, -0.15) is 0 Å². The first kappa shape index (κ1) is 27.7. The Morgan fingerprint density at radius 2 is 2.08 bits per heavy atom. The molecular weight excluding hydrogens is 528 g/mol. The number of rotatable bonds is 8. The summed E-state index contributed by atoms with van der Waals surface area (Å²) < 4.78 is 29.0. The molecular formula is C30H32N4O5S. The van der Waals surface area contributed by atoms with Crippen LogP contribution in [0.2, 0.25) is 0 Å². The smallest absolute Gasteiger partial charge is 0.304 e. The van der Waals surface area contributed by atoms with Crippen LogP contribution in [0.1, 0.15) is 47.1 Å². The van der Waals surface area contributed by atoms with Crippen LogP contribution in [-0.4, -0.2) is 54.7 Å². The lowest BCUT2D eigenvalue weighted by Crippen LogP contribution is -2.35. The number of methoxy groups -OCH3 is 1. The summed E-state index contributed by atoms with van der Waals surface area (Å²) in [6.45, 7) is 8.66. The first-order chi connectivity index (χ1) is 19.2. The fraction of sp³-hybridized carbons (Fsp3) is 0.300. The summed E-state index contributed by atoms with van der Waals surface area (Å²) in [6, 6.07) is 15.3. The average Bonchev–Trinajstić information content (AvgIpc) is 3.26. The van der Waals surface area contributed by atoms with Crippen molar-refractivity contribution in [2.75, 3.05) is 13.7 Å². The fourth-order valence-electron chi connectivity index (χ4n) is 5.16. The van der Waals surface area contributed by atoms with Gasteiger partial charge >= 0.3 is 5.97 Å². The highest BCUT2D eigenvalue weighted by Gasteiger charge is 2.33. The second kappa shape index (κ2) is 11.3. The number of carbonyl (C=O) groups is 1. The van der Waals surface area contributed by atoms with Crippen LogP contribution in [0.5, 0.6) is 11.5 Å². The van der Waals surface area contributed by atoms with Crippen LogP contribution in [0.15, 0.2) is 60.0 Å². The molecule has 0 radical (unpaired) electrons. The van der Waals surface area contributed by atoms with E-state index < -0.39 is 23.2 Å². The van der Waals surface area contributed by atoms with Gasteiger partial charge in [-0.15, -0.1) is 9.40 Å². The average molecular weight is 561 g/mol. The van der Waals surface area contributed by atoms with Crippen LogP contribution in [0, 0.1) is 6.92 Å². The Bertz CT molecular complexity index is 1590. The Kier molecular flexibility index (Phi) is 7.84. The van der Waals surface area contributed by atoms with E-state index in [1.165, 1.54) is 0 Å². The largest absolute Gasteiger partial charge is 0.593 e. The van der Waals surface area contributed by atoms with Crippen LogP contribution in [0.4, 0.5) is 0 Å². The lowest BCUT2D eigenvalue weighted by atomic mass is 9.86. The minimum Gasteiger partial charge on any atom is -0.593 e. The van der Waals surface area contributed by atoms with Gasteiger partial charge in [0.2, 0.25) is 4.90 Å². The molecule has 0 amide bonds. The predicted molar refractivity (Wildman–Crippen MR) is 154 cm³/mol. The maximum absolute atomic E-state index is 13.7. The van der Waals surface area contributed by atoms with Crippen LogP contribution in [0.25, 0.3) is 17.1 Å². The Morgan fingerprint density at radius 1 is 1.27 bits per heavy atom. The second-order valence-electron chi connectivity index (χ2n) is 10.1. The zero-order valence-corrected chi connectivity index (χ0v) is 23.8. The Hall–Kier alpha value is -3.86. The van der Waals surface area contributed by atoms with Gasteiger partial charge in [-0.1, -0.05) is 36.1 Å². The normalized spacial score (nSPS) is 18.0. The molecule has 9 nitrogen and oxygen atoms in total. The van der Waals surface area contributed by atoms with Crippen molar-refractivity contribution in [2.45, 2.75) is 43.7 Å². The predicted octanol–water partition coefficient (Wildman–Crippen LogP) is 4.84. The highest BCUT2D eigenvalue weighted by molar-refractivity contribution is 7.89. The molecule has 208 valence electrons. The molecule has 3 atom stereocenters. The SMILES string of the molecule is C=Cc1ccc2c(c1)OC(C)CN(Cc1cc(C(CC(=O)O)c3cc(OC)c4c(c3)nnn4C)ccc1C)[S+]2[O-]. The number of carboxylic acid groups (broad SMARTS) is 1. The molecule has 2 heterocycles. The molecule has 10 heteroatoms. The Morgan fingerprint density at radius 3 is 2.80 bits per heavy atom. The van der Waals surface area contributed by atoms with Gasteiger partial charge in [-0.25, -0.2) is 4.68 Å². The summed E-state index contributed by atoms with van der Waals surface area (Å²) in [4.78, 5) is 12.6. The summed E-state index contributed by atoms with van der Waals surface area (Å²) in [5.41, 5.74) is 5.88. The van der Waals surface area contributed by atoms with Crippen molar-refractivity contribution < 1.29 is 23.9 Å². The molecule has 0 aliphatic carbocycles. The minimum atomic E-state index is -1.44. The summed E-state index contributed by atoms with van der Waals surface area (Å²) in [6.07, 6.45) is 1.44. The number of aliphatic carboxylic acids is 1. The molecule has 40 heavy (non-hydrogen) atoms. The zero-order chi connectivity index (χ0) is 28.6. The third kappa shape index (κ3) is 5.42. The first-order valence-electron chi connectivity index (χ1n) is 13.0. The summed E-state index contributed by atoms with van der Waals surface area (Å²) in [7, 11) is 3.36. The summed E-state index contributed by atoms with van der Waals surface area (Å²) in [5, 5.41) is 18.2. The van der Waals surface area contributed by atoms with Crippen LogP contribution >= 0.6 is 0 Å².